The summed E-state index contributed by atoms with van der Waals surface area (Å²) in [7, 11) is 0. The minimum atomic E-state index is -3.08. The molecule has 4 rings (SSSR count). The van der Waals surface area contributed by atoms with Crippen LogP contribution in [0.3, 0.4) is 0 Å². The van der Waals surface area contributed by atoms with Crippen molar-refractivity contribution < 1.29 is 46.1 Å². The second-order valence-corrected chi connectivity index (χ2v) is 8.73. The Morgan fingerprint density at radius 3 is 2.49 bits per heavy atom. The van der Waals surface area contributed by atoms with Crippen LogP contribution in [0.5, 0.6) is 11.5 Å². The highest BCUT2D eigenvalue weighted by Gasteiger charge is 2.30. The summed E-state index contributed by atoms with van der Waals surface area (Å²) < 4.78 is 69.0. The van der Waals surface area contributed by atoms with Crippen molar-refractivity contribution in [1.82, 2.24) is 10.3 Å². The Labute approximate surface area is 225 Å². The SMILES string of the molecule is C[C@H](N)c1oc(-c2ccc(OC(F)F)c(OCC3CC3)c2)nc1C(=O)NC(C(=O)O)c1ccc(F)cc1F.Cl. The number of halogens is 5. The molecule has 2 atom stereocenters. The maximum atomic E-state index is 14.2. The fraction of sp³-hybridized carbons (Fsp3) is 0.320. The van der Waals surface area contributed by atoms with E-state index >= 15 is 0 Å². The molecule has 1 aromatic heterocycles. The zero-order chi connectivity index (χ0) is 27.6. The van der Waals surface area contributed by atoms with Gasteiger partial charge < -0.3 is 30.0 Å². The number of hydrogen-bond donors (Lipinski definition) is 3. The van der Waals surface area contributed by atoms with E-state index in [4.69, 9.17) is 14.9 Å². The Hall–Kier alpha value is -3.84. The molecule has 0 saturated heterocycles. The van der Waals surface area contributed by atoms with Crippen LogP contribution in [0.1, 0.15) is 53.7 Å². The third kappa shape index (κ3) is 7.18. The van der Waals surface area contributed by atoms with Crippen LogP contribution in [-0.2, 0) is 4.79 Å². The average Bonchev–Trinajstić information content (AvgIpc) is 3.56. The molecule has 1 saturated carbocycles. The van der Waals surface area contributed by atoms with Crippen molar-refractivity contribution >= 4 is 24.3 Å². The van der Waals surface area contributed by atoms with Gasteiger partial charge in [0.15, 0.2) is 29.0 Å². The Bertz CT molecular complexity index is 1350. The zero-order valence-corrected chi connectivity index (χ0v) is 21.1. The Morgan fingerprint density at radius 2 is 1.90 bits per heavy atom. The van der Waals surface area contributed by atoms with Gasteiger partial charge in [0.1, 0.15) is 11.6 Å². The summed E-state index contributed by atoms with van der Waals surface area (Å²) in [5, 5.41) is 11.7. The Balaban J connectivity index is 0.00000420. The summed E-state index contributed by atoms with van der Waals surface area (Å²) in [6, 6.07) is 3.43. The van der Waals surface area contributed by atoms with Crippen LogP contribution in [-0.4, -0.2) is 35.2 Å². The fourth-order valence-electron chi connectivity index (χ4n) is 3.57. The molecule has 1 heterocycles. The number of nitrogens with zero attached hydrogens (tertiary/aromatic N) is 1. The van der Waals surface area contributed by atoms with Gasteiger partial charge in [0.25, 0.3) is 5.91 Å². The maximum absolute atomic E-state index is 14.2. The van der Waals surface area contributed by atoms with Crippen molar-refractivity contribution in [3.63, 3.8) is 0 Å². The van der Waals surface area contributed by atoms with Crippen LogP contribution in [0.4, 0.5) is 17.6 Å². The largest absolute Gasteiger partial charge is 0.489 e. The smallest absolute Gasteiger partial charge is 0.387 e. The summed E-state index contributed by atoms with van der Waals surface area (Å²) >= 11 is 0. The molecule has 1 fully saturated rings. The molecule has 0 spiro atoms. The van der Waals surface area contributed by atoms with Gasteiger partial charge in [0.05, 0.1) is 12.6 Å². The second-order valence-electron chi connectivity index (χ2n) is 8.73. The number of aliphatic carboxylic acids is 1. The number of nitrogens with two attached hydrogens (primary N) is 1. The highest BCUT2D eigenvalue weighted by Crippen LogP contribution is 2.37. The van der Waals surface area contributed by atoms with Crippen LogP contribution in [0.25, 0.3) is 11.5 Å². The monoisotopic (exact) mass is 573 g/mol. The minimum absolute atomic E-state index is 0. The number of hydrogen-bond acceptors (Lipinski definition) is 7. The zero-order valence-electron chi connectivity index (χ0n) is 20.3. The number of carboxylic acids is 1. The number of carbonyl (C=O) groups excluding carboxylic acids is 1. The molecular weight excluding hydrogens is 550 g/mol. The molecule has 2 aromatic carbocycles. The molecule has 1 aliphatic rings. The second kappa shape index (κ2) is 12.3. The number of aromatic nitrogens is 1. The van der Waals surface area contributed by atoms with Gasteiger partial charge in [-0.25, -0.2) is 18.6 Å². The van der Waals surface area contributed by atoms with Crippen LogP contribution in [0.15, 0.2) is 40.8 Å². The van der Waals surface area contributed by atoms with Gasteiger partial charge in [-0.1, -0.05) is 6.07 Å². The highest BCUT2D eigenvalue weighted by molar-refractivity contribution is 5.96. The van der Waals surface area contributed by atoms with E-state index in [9.17, 15) is 32.3 Å². The van der Waals surface area contributed by atoms with Crippen LogP contribution in [0, 0.1) is 17.6 Å². The van der Waals surface area contributed by atoms with Crippen molar-refractivity contribution in [2.45, 2.75) is 38.5 Å². The van der Waals surface area contributed by atoms with Gasteiger partial charge in [0.2, 0.25) is 5.89 Å². The van der Waals surface area contributed by atoms with E-state index in [-0.39, 0.29) is 46.8 Å². The third-order valence-electron chi connectivity index (χ3n) is 5.66. The first-order chi connectivity index (χ1) is 18.0. The normalized spacial score (nSPS) is 14.3. The van der Waals surface area contributed by atoms with Gasteiger partial charge >= 0.3 is 12.6 Å². The molecule has 0 aliphatic heterocycles. The molecule has 1 unspecified atom stereocenters. The van der Waals surface area contributed by atoms with Crippen molar-refractivity contribution in [3.05, 3.63) is 65.1 Å². The summed E-state index contributed by atoms with van der Waals surface area (Å²) in [6.07, 6.45) is 1.92. The minimum Gasteiger partial charge on any atom is -0.489 e. The number of amides is 1. The van der Waals surface area contributed by atoms with Crippen molar-refractivity contribution in [1.29, 1.82) is 0 Å². The van der Waals surface area contributed by atoms with E-state index in [1.54, 1.807) is 0 Å². The van der Waals surface area contributed by atoms with Crippen molar-refractivity contribution in [3.8, 4) is 23.0 Å². The van der Waals surface area contributed by atoms with Crippen molar-refractivity contribution in [2.75, 3.05) is 6.61 Å². The number of oxazole rings is 1. The Kier molecular flexibility index (Phi) is 9.41. The lowest BCUT2D eigenvalue weighted by atomic mass is 10.1. The molecule has 0 bridgehead atoms. The number of alkyl halides is 2. The van der Waals surface area contributed by atoms with Crippen LogP contribution in [0.2, 0.25) is 0 Å². The molecular formula is C25H24ClF4N3O6. The van der Waals surface area contributed by atoms with Gasteiger partial charge in [-0.3, -0.25) is 4.79 Å². The molecule has 1 amide bonds. The molecule has 0 radical (unpaired) electrons. The number of benzene rings is 2. The van der Waals surface area contributed by atoms with E-state index in [2.05, 4.69) is 15.0 Å². The number of carboxylic acid groups (broad SMARTS) is 1. The van der Waals surface area contributed by atoms with E-state index in [0.717, 1.165) is 25.0 Å². The predicted octanol–water partition coefficient (Wildman–Crippen LogP) is 5.01. The van der Waals surface area contributed by atoms with Gasteiger partial charge in [-0.15, -0.1) is 12.4 Å². The molecule has 9 nitrogen and oxygen atoms in total. The standard InChI is InChI=1S/C25H23F4N3O6.ClH/c1-11(30)21-20(22(33)31-19(24(34)35)15-6-5-14(26)9-16(15)27)32-23(38-21)13-4-7-17(37-25(28)29)18(8-13)36-10-12-2-3-12;/h4-9,11-12,19,25H,2-3,10,30H2,1H3,(H,31,33)(H,34,35);1H/t11-,19?;/m0./s1. The molecule has 210 valence electrons. The summed E-state index contributed by atoms with van der Waals surface area (Å²) in [5.74, 6) is -4.88. The van der Waals surface area contributed by atoms with Gasteiger partial charge in [-0.2, -0.15) is 8.78 Å². The average molecular weight is 574 g/mol. The molecule has 3 aromatic rings. The topological polar surface area (TPSA) is 137 Å². The predicted molar refractivity (Wildman–Crippen MR) is 131 cm³/mol. The summed E-state index contributed by atoms with van der Waals surface area (Å²) in [5.41, 5.74) is 5.30. The first kappa shape index (κ1) is 29.7. The number of ether oxygens (including phenoxy) is 2. The van der Waals surface area contributed by atoms with E-state index in [0.29, 0.717) is 18.6 Å². The first-order valence-electron chi connectivity index (χ1n) is 11.5. The summed E-state index contributed by atoms with van der Waals surface area (Å²) in [4.78, 5) is 29.0. The lowest BCUT2D eigenvalue weighted by molar-refractivity contribution is -0.139. The lowest BCUT2D eigenvalue weighted by Gasteiger charge is -2.15. The molecule has 39 heavy (non-hydrogen) atoms. The molecule has 14 heteroatoms. The van der Waals surface area contributed by atoms with E-state index in [1.165, 1.54) is 25.1 Å². The molecule has 4 N–H and O–H groups in total. The van der Waals surface area contributed by atoms with Crippen LogP contribution >= 0.6 is 12.4 Å². The lowest BCUT2D eigenvalue weighted by Crippen LogP contribution is -2.35. The Morgan fingerprint density at radius 1 is 1.18 bits per heavy atom. The van der Waals surface area contributed by atoms with Gasteiger partial charge in [-0.05, 0) is 49.9 Å². The first-order valence-corrected chi connectivity index (χ1v) is 11.5. The van der Waals surface area contributed by atoms with E-state index < -0.39 is 47.8 Å². The highest BCUT2D eigenvalue weighted by atomic mass is 35.5. The third-order valence-corrected chi connectivity index (χ3v) is 5.66. The number of carbonyl (C=O) groups is 2. The maximum Gasteiger partial charge on any atom is 0.387 e. The van der Waals surface area contributed by atoms with Gasteiger partial charge in [0, 0.05) is 17.2 Å². The number of nitrogens with one attached hydrogen (secondary N) is 1. The van der Waals surface area contributed by atoms with Crippen molar-refractivity contribution in [2.24, 2.45) is 11.7 Å². The van der Waals surface area contributed by atoms with Crippen LogP contribution < -0.4 is 20.5 Å². The quantitative estimate of drug-likeness (QED) is 0.272. The summed E-state index contributed by atoms with van der Waals surface area (Å²) in [6.45, 7) is -1.30. The molecule has 1 aliphatic carbocycles. The fourth-order valence-corrected chi connectivity index (χ4v) is 3.57. The van der Waals surface area contributed by atoms with E-state index in [1.807, 2.05) is 0 Å². The number of rotatable bonds is 11.